The number of rotatable bonds is 3. The molecule has 102 valence electrons. The Balaban J connectivity index is 2.50. The van der Waals surface area contributed by atoms with E-state index in [0.717, 1.165) is 0 Å². The largest absolute Gasteiger partial charge is 0.382 e. The van der Waals surface area contributed by atoms with E-state index in [-0.39, 0.29) is 11.5 Å². The summed E-state index contributed by atoms with van der Waals surface area (Å²) in [4.78, 5) is 30.9. The van der Waals surface area contributed by atoms with E-state index in [1.807, 2.05) is 0 Å². The number of carbonyl (C=O) groups excluding carboxylic acids is 2. The summed E-state index contributed by atoms with van der Waals surface area (Å²) in [6, 6.07) is 6.58. The Labute approximate surface area is 115 Å². The summed E-state index contributed by atoms with van der Waals surface area (Å²) >= 11 is 0. The third-order valence-electron chi connectivity index (χ3n) is 2.69. The second kappa shape index (κ2) is 5.35. The van der Waals surface area contributed by atoms with E-state index in [9.17, 15) is 9.59 Å². The number of nitrogen functional groups attached to an aromatic ring is 1. The fraction of sp³-hybridized carbons (Fsp3) is 0.0769. The molecular weight excluding hydrogens is 258 g/mol. The van der Waals surface area contributed by atoms with Gasteiger partial charge < -0.3 is 16.8 Å². The molecule has 0 fully saturated rings. The van der Waals surface area contributed by atoms with E-state index >= 15 is 0 Å². The minimum atomic E-state index is -0.540. The molecule has 1 aromatic carbocycles. The van der Waals surface area contributed by atoms with Gasteiger partial charge in [-0.3, -0.25) is 9.59 Å². The maximum atomic E-state index is 11.6. The maximum Gasteiger partial charge on any atom is 0.273 e. The molecule has 0 radical (unpaired) electrons. The summed E-state index contributed by atoms with van der Waals surface area (Å²) in [6.45, 7) is 0. The number of primary amides is 1. The molecule has 20 heavy (non-hydrogen) atoms. The number of benzene rings is 1. The van der Waals surface area contributed by atoms with E-state index in [2.05, 4.69) is 15.3 Å². The fourth-order valence-electron chi connectivity index (χ4n) is 1.65. The average Bonchev–Trinajstić information content (AvgIpc) is 2.47. The van der Waals surface area contributed by atoms with Gasteiger partial charge in [-0.05, 0) is 12.1 Å². The van der Waals surface area contributed by atoms with Crippen LogP contribution in [0.1, 0.15) is 20.8 Å². The van der Waals surface area contributed by atoms with Crippen LogP contribution in [0.5, 0.6) is 0 Å². The normalized spacial score (nSPS) is 10.1. The maximum absolute atomic E-state index is 11.6. The molecule has 0 bridgehead atoms. The number of nitrogens with zero attached hydrogens (tertiary/aromatic N) is 2. The Hall–Kier alpha value is -2.96. The van der Waals surface area contributed by atoms with Gasteiger partial charge in [-0.2, -0.15) is 0 Å². The van der Waals surface area contributed by atoms with Gasteiger partial charge in [0.2, 0.25) is 5.91 Å². The lowest BCUT2D eigenvalue weighted by Gasteiger charge is -2.06. The number of aromatic nitrogens is 2. The van der Waals surface area contributed by atoms with Crippen molar-refractivity contribution in [3.63, 3.8) is 0 Å². The van der Waals surface area contributed by atoms with Crippen LogP contribution in [0.4, 0.5) is 5.82 Å². The molecule has 2 rings (SSSR count). The smallest absolute Gasteiger partial charge is 0.273 e. The van der Waals surface area contributed by atoms with Crippen LogP contribution in [0.15, 0.2) is 30.5 Å². The van der Waals surface area contributed by atoms with Crippen LogP contribution in [0.3, 0.4) is 0 Å². The van der Waals surface area contributed by atoms with Gasteiger partial charge in [0.25, 0.3) is 5.91 Å². The molecule has 2 amide bonds. The van der Waals surface area contributed by atoms with Gasteiger partial charge in [-0.1, -0.05) is 12.1 Å². The van der Waals surface area contributed by atoms with E-state index < -0.39 is 11.8 Å². The Bertz CT molecular complexity index is 684. The average molecular weight is 271 g/mol. The van der Waals surface area contributed by atoms with Crippen LogP contribution in [-0.2, 0) is 0 Å². The molecule has 0 aliphatic heterocycles. The van der Waals surface area contributed by atoms with Gasteiger partial charge in [0.05, 0.1) is 11.9 Å². The van der Waals surface area contributed by atoms with Gasteiger partial charge in [0.15, 0.2) is 11.5 Å². The van der Waals surface area contributed by atoms with Crippen molar-refractivity contribution >= 4 is 17.6 Å². The summed E-state index contributed by atoms with van der Waals surface area (Å²) in [6.07, 6.45) is 1.43. The summed E-state index contributed by atoms with van der Waals surface area (Å²) in [5.74, 6) is -0.927. The molecule has 5 N–H and O–H groups in total. The molecule has 0 saturated heterocycles. The highest BCUT2D eigenvalue weighted by atomic mass is 16.2. The Morgan fingerprint density at radius 1 is 1.30 bits per heavy atom. The molecule has 0 aliphatic carbocycles. The van der Waals surface area contributed by atoms with E-state index in [1.54, 1.807) is 24.3 Å². The van der Waals surface area contributed by atoms with Gasteiger partial charge in [0.1, 0.15) is 0 Å². The number of nitrogens with two attached hydrogens (primary N) is 2. The van der Waals surface area contributed by atoms with Gasteiger partial charge in [-0.25, -0.2) is 9.97 Å². The molecule has 0 atom stereocenters. The van der Waals surface area contributed by atoms with Crippen molar-refractivity contribution in [1.29, 1.82) is 0 Å². The number of nitrogens with one attached hydrogen (secondary N) is 1. The van der Waals surface area contributed by atoms with Crippen LogP contribution in [0, 0.1) is 0 Å². The van der Waals surface area contributed by atoms with Crippen molar-refractivity contribution in [2.24, 2.45) is 5.73 Å². The molecule has 0 aliphatic rings. The lowest BCUT2D eigenvalue weighted by Crippen LogP contribution is -2.21. The monoisotopic (exact) mass is 271 g/mol. The molecule has 0 unspecified atom stereocenters. The van der Waals surface area contributed by atoms with Crippen molar-refractivity contribution in [2.75, 3.05) is 12.8 Å². The van der Waals surface area contributed by atoms with Gasteiger partial charge in [0, 0.05) is 18.2 Å². The summed E-state index contributed by atoms with van der Waals surface area (Å²) in [7, 11) is 1.48. The first kappa shape index (κ1) is 13.5. The van der Waals surface area contributed by atoms with Crippen molar-refractivity contribution < 1.29 is 9.59 Å². The first-order chi connectivity index (χ1) is 9.52. The van der Waals surface area contributed by atoms with Crippen molar-refractivity contribution in [2.45, 2.75) is 0 Å². The third-order valence-corrected chi connectivity index (χ3v) is 2.69. The minimum absolute atomic E-state index is 0.0366. The number of carbonyl (C=O) groups is 2. The van der Waals surface area contributed by atoms with Gasteiger partial charge >= 0.3 is 0 Å². The first-order valence-corrected chi connectivity index (χ1v) is 5.77. The molecule has 0 spiro atoms. The Morgan fingerprint density at radius 3 is 2.70 bits per heavy atom. The Kier molecular flexibility index (Phi) is 3.60. The molecule has 7 heteroatoms. The quantitative estimate of drug-likeness (QED) is 0.734. The fourth-order valence-corrected chi connectivity index (χ4v) is 1.65. The molecule has 7 nitrogen and oxygen atoms in total. The Morgan fingerprint density at radius 2 is 2.05 bits per heavy atom. The van der Waals surface area contributed by atoms with Crippen molar-refractivity contribution in [1.82, 2.24) is 15.3 Å². The molecular formula is C13H13N5O2. The zero-order chi connectivity index (χ0) is 14.7. The van der Waals surface area contributed by atoms with Crippen molar-refractivity contribution in [3.05, 3.63) is 41.7 Å². The van der Waals surface area contributed by atoms with E-state index in [4.69, 9.17) is 11.5 Å². The molecule has 2 aromatic rings. The van der Waals surface area contributed by atoms with Crippen LogP contribution >= 0.6 is 0 Å². The highest BCUT2D eigenvalue weighted by molar-refractivity contribution is 5.97. The number of hydrogen-bond donors (Lipinski definition) is 3. The topological polar surface area (TPSA) is 124 Å². The third kappa shape index (κ3) is 2.56. The second-order valence-electron chi connectivity index (χ2n) is 4.01. The predicted molar refractivity (Wildman–Crippen MR) is 73.8 cm³/mol. The summed E-state index contributed by atoms with van der Waals surface area (Å²) < 4.78 is 0. The molecule has 1 aromatic heterocycles. The second-order valence-corrected chi connectivity index (χ2v) is 4.01. The highest BCUT2D eigenvalue weighted by Gasteiger charge is 2.13. The minimum Gasteiger partial charge on any atom is -0.382 e. The first-order valence-electron chi connectivity index (χ1n) is 5.77. The van der Waals surface area contributed by atoms with E-state index in [1.165, 1.54) is 13.2 Å². The standard InChI is InChI=1S/C13H13N5O2/c1-16-13(20)10-11(14)17-6-9(18-10)7-3-2-4-8(5-7)12(15)19/h2-6H,1H3,(H2,14,17)(H2,15,19)(H,16,20). The van der Waals surface area contributed by atoms with Crippen LogP contribution in [-0.4, -0.2) is 28.8 Å². The lowest BCUT2D eigenvalue weighted by molar-refractivity contribution is 0.0957. The molecule has 0 saturated carbocycles. The zero-order valence-corrected chi connectivity index (χ0v) is 10.8. The molecule has 1 heterocycles. The van der Waals surface area contributed by atoms with Gasteiger partial charge in [-0.15, -0.1) is 0 Å². The van der Waals surface area contributed by atoms with Crippen molar-refractivity contribution in [3.8, 4) is 11.3 Å². The lowest BCUT2D eigenvalue weighted by atomic mass is 10.1. The van der Waals surface area contributed by atoms with Crippen LogP contribution in [0.25, 0.3) is 11.3 Å². The van der Waals surface area contributed by atoms with E-state index in [0.29, 0.717) is 16.8 Å². The summed E-state index contributed by atoms with van der Waals surface area (Å²) in [5.41, 5.74) is 12.3. The number of anilines is 1. The predicted octanol–water partition coefficient (Wildman–Crippen LogP) is 0.184. The summed E-state index contributed by atoms with van der Waals surface area (Å²) in [5, 5.41) is 2.43. The highest BCUT2D eigenvalue weighted by Crippen LogP contribution is 2.19. The zero-order valence-electron chi connectivity index (χ0n) is 10.8. The number of amides is 2. The SMILES string of the molecule is CNC(=O)c1nc(-c2cccc(C(N)=O)c2)cnc1N. The van der Waals surface area contributed by atoms with Crippen LogP contribution < -0.4 is 16.8 Å². The van der Waals surface area contributed by atoms with Crippen LogP contribution in [0.2, 0.25) is 0 Å². The number of hydrogen-bond acceptors (Lipinski definition) is 5.